The lowest BCUT2D eigenvalue weighted by Crippen LogP contribution is -2.41. The predicted octanol–water partition coefficient (Wildman–Crippen LogP) is 3.34. The van der Waals surface area contributed by atoms with Crippen molar-refractivity contribution in [1.29, 1.82) is 0 Å². The average molecular weight is 375 g/mol. The van der Waals surface area contributed by atoms with Gasteiger partial charge >= 0.3 is 0 Å². The second-order valence-electron chi connectivity index (χ2n) is 8.00. The zero-order valence-electron chi connectivity index (χ0n) is 16.3. The Kier molecular flexibility index (Phi) is 4.99. The number of rotatable bonds is 4. The van der Waals surface area contributed by atoms with E-state index >= 15 is 0 Å². The molecule has 2 amide bonds. The van der Waals surface area contributed by atoms with Crippen molar-refractivity contribution in [3.05, 3.63) is 71.7 Å². The van der Waals surface area contributed by atoms with E-state index in [9.17, 15) is 9.59 Å². The Labute approximate surface area is 165 Å². The molecule has 144 valence electrons. The van der Waals surface area contributed by atoms with Crippen LogP contribution in [0.3, 0.4) is 0 Å². The molecule has 4 rings (SSSR count). The van der Waals surface area contributed by atoms with Gasteiger partial charge in [0, 0.05) is 25.5 Å². The average Bonchev–Trinajstić information content (AvgIpc) is 2.93. The Hall–Kier alpha value is -2.95. The molecule has 2 aliphatic rings. The summed E-state index contributed by atoms with van der Waals surface area (Å²) in [7, 11) is 0. The molecule has 3 heterocycles. The summed E-state index contributed by atoms with van der Waals surface area (Å²) in [6, 6.07) is 13.3. The normalized spacial score (nSPS) is 22.9. The van der Waals surface area contributed by atoms with Crippen LogP contribution in [0.25, 0.3) is 5.57 Å². The molecule has 1 aromatic heterocycles. The van der Waals surface area contributed by atoms with E-state index in [0.717, 1.165) is 30.6 Å². The third kappa shape index (κ3) is 3.44. The van der Waals surface area contributed by atoms with E-state index in [1.54, 1.807) is 12.4 Å². The van der Waals surface area contributed by atoms with Gasteiger partial charge in [-0.15, -0.1) is 0 Å². The molecule has 1 aromatic carbocycles. The summed E-state index contributed by atoms with van der Waals surface area (Å²) in [5, 5.41) is 0. The van der Waals surface area contributed by atoms with Crippen LogP contribution in [0.2, 0.25) is 0 Å². The lowest BCUT2D eigenvalue weighted by Gasteiger charge is -2.37. The van der Waals surface area contributed by atoms with E-state index < -0.39 is 0 Å². The van der Waals surface area contributed by atoms with Gasteiger partial charge in [0.1, 0.15) is 5.70 Å². The first-order chi connectivity index (χ1) is 13.5. The highest BCUT2D eigenvalue weighted by molar-refractivity contribution is 6.35. The van der Waals surface area contributed by atoms with Crippen molar-refractivity contribution in [2.75, 3.05) is 13.1 Å². The van der Waals surface area contributed by atoms with Crippen molar-refractivity contribution in [3.8, 4) is 0 Å². The fourth-order valence-electron chi connectivity index (χ4n) is 4.38. The van der Waals surface area contributed by atoms with Crippen LogP contribution < -0.4 is 0 Å². The number of nitrogens with zero attached hydrogens (tertiary/aromatic N) is 3. The molecule has 2 aliphatic heterocycles. The molecule has 0 aliphatic carbocycles. The summed E-state index contributed by atoms with van der Waals surface area (Å²) in [5.41, 5.74) is 2.72. The molecule has 0 saturated carbocycles. The highest BCUT2D eigenvalue weighted by atomic mass is 16.2. The number of carbonyl (C=O) groups excluding carboxylic acids is 2. The summed E-state index contributed by atoms with van der Waals surface area (Å²) in [5.74, 6) is 0.557. The lowest BCUT2D eigenvalue weighted by atomic mass is 9.91. The Bertz CT molecular complexity index is 898. The van der Waals surface area contributed by atoms with Gasteiger partial charge in [0.2, 0.25) is 0 Å². The van der Waals surface area contributed by atoms with Gasteiger partial charge in [-0.25, -0.2) is 0 Å². The first-order valence-electron chi connectivity index (χ1n) is 9.84. The fourth-order valence-corrected chi connectivity index (χ4v) is 4.38. The van der Waals surface area contributed by atoms with Crippen LogP contribution in [0.1, 0.15) is 31.4 Å². The minimum absolute atomic E-state index is 0.200. The standard InChI is InChI=1S/C23H25N3O2/c1-16-11-17(2)14-25(13-16)21-20(19-8-4-3-5-9-19)22(27)26(23(21)28)15-18-7-6-10-24-12-18/h3-10,12,16-17H,11,13-15H2,1-2H3. The largest absolute Gasteiger partial charge is 0.366 e. The van der Waals surface area contributed by atoms with Crippen molar-refractivity contribution in [2.45, 2.75) is 26.8 Å². The second kappa shape index (κ2) is 7.58. The molecular weight excluding hydrogens is 350 g/mol. The van der Waals surface area contributed by atoms with E-state index in [2.05, 4.69) is 23.7 Å². The zero-order valence-corrected chi connectivity index (χ0v) is 16.3. The number of piperidine rings is 1. The Morgan fingerprint density at radius 2 is 1.68 bits per heavy atom. The van der Waals surface area contributed by atoms with E-state index in [1.165, 1.54) is 4.90 Å². The summed E-state index contributed by atoms with van der Waals surface area (Å²) in [6.07, 6.45) is 4.53. The molecule has 0 N–H and O–H groups in total. The van der Waals surface area contributed by atoms with Crippen molar-refractivity contribution < 1.29 is 9.59 Å². The van der Waals surface area contributed by atoms with Gasteiger partial charge in [-0.2, -0.15) is 0 Å². The van der Waals surface area contributed by atoms with Gasteiger partial charge in [0.25, 0.3) is 11.8 Å². The van der Waals surface area contributed by atoms with E-state index in [-0.39, 0.29) is 18.4 Å². The Balaban J connectivity index is 1.74. The van der Waals surface area contributed by atoms with Crippen molar-refractivity contribution in [1.82, 2.24) is 14.8 Å². The predicted molar refractivity (Wildman–Crippen MR) is 108 cm³/mol. The maximum atomic E-state index is 13.4. The Morgan fingerprint density at radius 3 is 2.32 bits per heavy atom. The molecule has 1 saturated heterocycles. The number of pyridine rings is 1. The summed E-state index contributed by atoms with van der Waals surface area (Å²) < 4.78 is 0. The molecule has 1 fully saturated rings. The number of likely N-dealkylation sites (tertiary alicyclic amines) is 1. The SMILES string of the molecule is CC1CC(C)CN(C2=C(c3ccccc3)C(=O)N(Cc3cccnc3)C2=O)C1. The topological polar surface area (TPSA) is 53.5 Å². The quantitative estimate of drug-likeness (QED) is 0.769. The first-order valence-corrected chi connectivity index (χ1v) is 9.84. The zero-order chi connectivity index (χ0) is 19.7. The third-order valence-corrected chi connectivity index (χ3v) is 5.45. The molecule has 2 aromatic rings. The smallest absolute Gasteiger partial charge is 0.278 e. The summed E-state index contributed by atoms with van der Waals surface area (Å²) in [6.45, 7) is 6.26. The van der Waals surface area contributed by atoms with E-state index in [0.29, 0.717) is 23.1 Å². The van der Waals surface area contributed by atoms with Gasteiger partial charge in [-0.3, -0.25) is 19.5 Å². The van der Waals surface area contributed by atoms with Crippen LogP contribution in [0.4, 0.5) is 0 Å². The number of hydrogen-bond donors (Lipinski definition) is 0. The van der Waals surface area contributed by atoms with Crippen LogP contribution in [0, 0.1) is 11.8 Å². The molecule has 5 heteroatoms. The van der Waals surface area contributed by atoms with Crippen LogP contribution in [-0.4, -0.2) is 39.7 Å². The minimum Gasteiger partial charge on any atom is -0.366 e. The van der Waals surface area contributed by atoms with Crippen LogP contribution in [0.15, 0.2) is 60.6 Å². The maximum absolute atomic E-state index is 13.4. The molecule has 0 bridgehead atoms. The van der Waals surface area contributed by atoms with Gasteiger partial charge in [0.15, 0.2) is 0 Å². The number of benzene rings is 1. The third-order valence-electron chi connectivity index (χ3n) is 5.45. The number of hydrogen-bond acceptors (Lipinski definition) is 4. The van der Waals surface area contributed by atoms with Crippen LogP contribution in [-0.2, 0) is 16.1 Å². The summed E-state index contributed by atoms with van der Waals surface area (Å²) in [4.78, 5) is 34.3. The summed E-state index contributed by atoms with van der Waals surface area (Å²) >= 11 is 0. The monoisotopic (exact) mass is 375 g/mol. The number of amides is 2. The first kappa shape index (κ1) is 18.4. The van der Waals surface area contributed by atoms with Crippen LogP contribution >= 0.6 is 0 Å². The minimum atomic E-state index is -0.221. The maximum Gasteiger partial charge on any atom is 0.278 e. The molecule has 0 spiro atoms. The van der Waals surface area contributed by atoms with Gasteiger partial charge < -0.3 is 4.90 Å². The highest BCUT2D eigenvalue weighted by Gasteiger charge is 2.42. The molecule has 2 unspecified atom stereocenters. The second-order valence-corrected chi connectivity index (χ2v) is 8.00. The van der Waals surface area contributed by atoms with E-state index in [4.69, 9.17) is 0 Å². The molecular formula is C23H25N3O2. The molecule has 2 atom stereocenters. The van der Waals surface area contributed by atoms with Crippen molar-refractivity contribution in [3.63, 3.8) is 0 Å². The van der Waals surface area contributed by atoms with Gasteiger partial charge in [0.05, 0.1) is 12.1 Å². The van der Waals surface area contributed by atoms with Crippen LogP contribution in [0.5, 0.6) is 0 Å². The highest BCUT2D eigenvalue weighted by Crippen LogP contribution is 2.35. The number of carbonyl (C=O) groups is 2. The lowest BCUT2D eigenvalue weighted by molar-refractivity contribution is -0.138. The number of imide groups is 1. The Morgan fingerprint density at radius 1 is 0.964 bits per heavy atom. The van der Waals surface area contributed by atoms with Gasteiger partial charge in [-0.05, 0) is 35.4 Å². The van der Waals surface area contributed by atoms with Gasteiger partial charge in [-0.1, -0.05) is 50.2 Å². The fraction of sp³-hybridized carbons (Fsp3) is 0.348. The van der Waals surface area contributed by atoms with E-state index in [1.807, 2.05) is 42.5 Å². The number of aromatic nitrogens is 1. The molecule has 28 heavy (non-hydrogen) atoms. The van der Waals surface area contributed by atoms with Crippen molar-refractivity contribution >= 4 is 17.4 Å². The molecule has 5 nitrogen and oxygen atoms in total. The van der Waals surface area contributed by atoms with Crippen molar-refractivity contribution in [2.24, 2.45) is 11.8 Å². The molecule has 0 radical (unpaired) electrons.